The monoisotopic (exact) mass is 312 g/mol. The molecule has 0 saturated heterocycles. The molecule has 0 atom stereocenters. The highest BCUT2D eigenvalue weighted by Gasteiger charge is 2.12. The zero-order valence-corrected chi connectivity index (χ0v) is 11.4. The highest BCUT2D eigenvalue weighted by Crippen LogP contribution is 2.39. The minimum absolute atomic E-state index is 0.529. The van der Waals surface area contributed by atoms with Gasteiger partial charge in [-0.2, -0.15) is 0 Å². The van der Waals surface area contributed by atoms with E-state index in [1.807, 2.05) is 6.07 Å². The molecule has 0 fully saturated rings. The van der Waals surface area contributed by atoms with Gasteiger partial charge in [0.2, 0.25) is 0 Å². The molecule has 0 saturated carbocycles. The lowest BCUT2D eigenvalue weighted by molar-refractivity contribution is 1.23. The molecular formula is C11H6BrClN2S. The summed E-state index contributed by atoms with van der Waals surface area (Å²) in [5, 5.41) is 1.67. The summed E-state index contributed by atoms with van der Waals surface area (Å²) < 4.78 is 3.28. The zero-order chi connectivity index (χ0) is 11.3. The Hall–Kier alpha value is -0.710. The van der Waals surface area contributed by atoms with Gasteiger partial charge in [-0.25, -0.2) is 9.97 Å². The van der Waals surface area contributed by atoms with Crippen molar-refractivity contribution in [1.29, 1.82) is 0 Å². The molecule has 80 valence electrons. The van der Waals surface area contributed by atoms with Gasteiger partial charge in [0.05, 0.1) is 10.2 Å². The molecular weight excluding hydrogens is 308 g/mol. The van der Waals surface area contributed by atoms with Gasteiger partial charge in [0.25, 0.3) is 0 Å². The quantitative estimate of drug-likeness (QED) is 0.568. The number of aryl methyl sites for hydroxylation is 1. The maximum Gasteiger partial charge on any atom is 0.150 e. The third-order valence-corrected chi connectivity index (χ3v) is 5.14. The van der Waals surface area contributed by atoms with Crippen molar-refractivity contribution in [3.8, 4) is 0 Å². The van der Waals surface area contributed by atoms with Crippen LogP contribution < -0.4 is 0 Å². The third kappa shape index (κ3) is 1.37. The van der Waals surface area contributed by atoms with Crippen molar-refractivity contribution in [2.45, 2.75) is 6.92 Å². The van der Waals surface area contributed by atoms with Crippen molar-refractivity contribution in [3.63, 3.8) is 0 Å². The lowest BCUT2D eigenvalue weighted by Gasteiger charge is -1.98. The number of hydrogen-bond donors (Lipinski definition) is 0. The Morgan fingerprint density at radius 2 is 2.06 bits per heavy atom. The highest BCUT2D eigenvalue weighted by molar-refractivity contribution is 9.10. The van der Waals surface area contributed by atoms with Gasteiger partial charge in [0, 0.05) is 14.6 Å². The summed E-state index contributed by atoms with van der Waals surface area (Å²) in [6.45, 7) is 2.09. The Balaban J connectivity index is 2.60. The molecule has 0 unspecified atom stereocenters. The first-order valence-corrected chi connectivity index (χ1v) is 6.65. The van der Waals surface area contributed by atoms with E-state index in [1.54, 1.807) is 11.3 Å². The summed E-state index contributed by atoms with van der Waals surface area (Å²) >= 11 is 11.2. The molecule has 0 amide bonds. The molecule has 2 heterocycles. The first-order chi connectivity index (χ1) is 7.68. The largest absolute Gasteiger partial charge is 0.235 e. The van der Waals surface area contributed by atoms with E-state index < -0.39 is 0 Å². The van der Waals surface area contributed by atoms with E-state index in [0.717, 1.165) is 20.1 Å². The lowest BCUT2D eigenvalue weighted by atomic mass is 10.2. The second-order valence-corrected chi connectivity index (χ2v) is 5.73. The molecule has 0 radical (unpaired) electrons. The van der Waals surface area contributed by atoms with E-state index in [2.05, 4.69) is 38.9 Å². The molecule has 3 aromatic rings. The van der Waals surface area contributed by atoms with Crippen molar-refractivity contribution in [3.05, 3.63) is 33.6 Å². The zero-order valence-electron chi connectivity index (χ0n) is 8.29. The molecule has 3 rings (SSSR count). The van der Waals surface area contributed by atoms with Gasteiger partial charge < -0.3 is 0 Å². The number of hydrogen-bond acceptors (Lipinski definition) is 3. The summed E-state index contributed by atoms with van der Waals surface area (Å²) in [6, 6.07) is 4.11. The van der Waals surface area contributed by atoms with E-state index >= 15 is 0 Å². The lowest BCUT2D eigenvalue weighted by Crippen LogP contribution is -1.79. The van der Waals surface area contributed by atoms with Crippen LogP contribution in [0.15, 0.2) is 22.9 Å². The normalized spacial score (nSPS) is 11.4. The van der Waals surface area contributed by atoms with Crippen molar-refractivity contribution in [2.24, 2.45) is 0 Å². The van der Waals surface area contributed by atoms with Gasteiger partial charge in [-0.05, 0) is 18.6 Å². The summed E-state index contributed by atoms with van der Waals surface area (Å²) in [4.78, 5) is 8.31. The molecule has 0 spiro atoms. The molecule has 1 aromatic carbocycles. The van der Waals surface area contributed by atoms with E-state index in [-0.39, 0.29) is 0 Å². The van der Waals surface area contributed by atoms with Crippen molar-refractivity contribution in [2.75, 3.05) is 0 Å². The second kappa shape index (κ2) is 3.65. The van der Waals surface area contributed by atoms with Crippen LogP contribution in [-0.2, 0) is 0 Å². The Labute approximate surface area is 109 Å². The topological polar surface area (TPSA) is 25.8 Å². The second-order valence-electron chi connectivity index (χ2n) is 3.49. The van der Waals surface area contributed by atoms with E-state index in [1.165, 1.54) is 16.6 Å². The average Bonchev–Trinajstić information content (AvgIpc) is 2.65. The number of nitrogens with zero attached hydrogens (tertiary/aromatic N) is 2. The molecule has 0 bridgehead atoms. The minimum atomic E-state index is 0.529. The van der Waals surface area contributed by atoms with E-state index in [9.17, 15) is 0 Å². The average molecular weight is 314 g/mol. The maximum absolute atomic E-state index is 6.07. The summed E-state index contributed by atoms with van der Waals surface area (Å²) in [7, 11) is 0. The number of aromatic nitrogens is 2. The number of fused-ring (bicyclic) bond motifs is 3. The van der Waals surface area contributed by atoms with Crippen LogP contribution in [0.3, 0.4) is 0 Å². The minimum Gasteiger partial charge on any atom is -0.235 e. The highest BCUT2D eigenvalue weighted by atomic mass is 79.9. The summed E-state index contributed by atoms with van der Waals surface area (Å²) in [5.74, 6) is 0. The third-order valence-electron chi connectivity index (χ3n) is 2.56. The standard InChI is InChI=1S/C11H6BrClN2S/c1-5-7(12)3-2-6-8-10(16-9(5)6)11(13)15-4-14-8/h2-4H,1H3. The Bertz CT molecular complexity index is 708. The van der Waals surface area contributed by atoms with E-state index in [4.69, 9.17) is 11.6 Å². The predicted molar refractivity (Wildman–Crippen MR) is 72.4 cm³/mol. The number of rotatable bonds is 0. The van der Waals surface area contributed by atoms with Crippen LogP contribution >= 0.6 is 38.9 Å². The van der Waals surface area contributed by atoms with E-state index in [0.29, 0.717) is 5.15 Å². The van der Waals surface area contributed by atoms with Gasteiger partial charge in [-0.15, -0.1) is 11.3 Å². The molecule has 2 nitrogen and oxygen atoms in total. The van der Waals surface area contributed by atoms with Crippen LogP contribution in [0.1, 0.15) is 5.56 Å². The Morgan fingerprint density at radius 1 is 1.25 bits per heavy atom. The smallest absolute Gasteiger partial charge is 0.150 e. The summed E-state index contributed by atoms with van der Waals surface area (Å²) in [6.07, 6.45) is 1.51. The van der Waals surface area contributed by atoms with Crippen LogP contribution in [0.5, 0.6) is 0 Å². The van der Waals surface area contributed by atoms with Crippen LogP contribution in [0.4, 0.5) is 0 Å². The fourth-order valence-electron chi connectivity index (χ4n) is 1.72. The van der Waals surface area contributed by atoms with Crippen molar-refractivity contribution in [1.82, 2.24) is 9.97 Å². The van der Waals surface area contributed by atoms with Crippen LogP contribution in [0, 0.1) is 6.92 Å². The molecule has 5 heteroatoms. The van der Waals surface area contributed by atoms with Gasteiger partial charge in [0.1, 0.15) is 11.5 Å². The number of benzene rings is 1. The van der Waals surface area contributed by atoms with Gasteiger partial charge in [0.15, 0.2) is 0 Å². The molecule has 16 heavy (non-hydrogen) atoms. The SMILES string of the molecule is Cc1c(Br)ccc2c1sc1c(Cl)ncnc12. The fraction of sp³-hybridized carbons (Fsp3) is 0.0909. The van der Waals surface area contributed by atoms with Gasteiger partial charge >= 0.3 is 0 Å². The molecule has 0 N–H and O–H groups in total. The van der Waals surface area contributed by atoms with Gasteiger partial charge in [-0.3, -0.25) is 0 Å². The summed E-state index contributed by atoms with van der Waals surface area (Å²) in [5.41, 5.74) is 2.16. The Kier molecular flexibility index (Phi) is 2.38. The molecule has 0 aliphatic heterocycles. The van der Waals surface area contributed by atoms with Crippen molar-refractivity contribution >= 4 is 59.2 Å². The number of thiophene rings is 1. The van der Waals surface area contributed by atoms with Crippen LogP contribution in [-0.4, -0.2) is 9.97 Å². The number of halogens is 2. The first-order valence-electron chi connectivity index (χ1n) is 4.66. The van der Waals surface area contributed by atoms with Crippen molar-refractivity contribution < 1.29 is 0 Å². The maximum atomic E-state index is 6.07. The molecule has 0 aliphatic rings. The predicted octanol–water partition coefficient (Wildman–Crippen LogP) is 4.57. The van der Waals surface area contributed by atoms with Crippen LogP contribution in [0.2, 0.25) is 5.15 Å². The molecule has 2 aromatic heterocycles. The van der Waals surface area contributed by atoms with Gasteiger partial charge in [-0.1, -0.05) is 33.6 Å². The van der Waals surface area contributed by atoms with Crippen LogP contribution in [0.25, 0.3) is 20.3 Å². The fourth-order valence-corrected chi connectivity index (χ4v) is 3.57. The molecule has 0 aliphatic carbocycles. The first kappa shape index (κ1) is 10.4. The Morgan fingerprint density at radius 3 is 2.88 bits per heavy atom.